The smallest absolute Gasteiger partial charge is 0.410 e. The van der Waals surface area contributed by atoms with E-state index >= 15 is 0 Å². The van der Waals surface area contributed by atoms with Gasteiger partial charge in [0.05, 0.1) is 17.4 Å². The number of nitriles is 1. The molecule has 1 unspecified atom stereocenters. The van der Waals surface area contributed by atoms with Gasteiger partial charge in [0.15, 0.2) is 0 Å². The Hall–Kier alpha value is -4.07. The third-order valence-corrected chi connectivity index (χ3v) is 8.82. The number of ether oxygens (including phenoxy) is 1. The van der Waals surface area contributed by atoms with Crippen LogP contribution in [0, 0.1) is 11.3 Å². The molecule has 42 heavy (non-hydrogen) atoms. The fourth-order valence-electron chi connectivity index (χ4n) is 4.34. The normalized spacial score (nSPS) is 13.6. The zero-order chi connectivity index (χ0) is 30.3. The van der Waals surface area contributed by atoms with E-state index in [1.54, 1.807) is 17.0 Å². The number of hydrogen-bond acceptors (Lipinski definition) is 7. The molecule has 2 N–H and O–H groups in total. The molecule has 2 aromatic carbocycles. The summed E-state index contributed by atoms with van der Waals surface area (Å²) in [5, 5.41) is 15.8. The van der Waals surface area contributed by atoms with E-state index in [2.05, 4.69) is 16.7 Å². The maximum absolute atomic E-state index is 13.3. The number of carbonyl (C=O) groups is 3. The number of hydrogen-bond donors (Lipinski definition) is 2. The van der Waals surface area contributed by atoms with Gasteiger partial charge in [0, 0.05) is 28.1 Å². The van der Waals surface area contributed by atoms with Crippen molar-refractivity contribution >= 4 is 57.8 Å². The summed E-state index contributed by atoms with van der Waals surface area (Å²) in [4.78, 5) is 41.7. The number of nitrogens with zero attached hydrogens (tertiary/aromatic N) is 2. The Morgan fingerprint density at radius 2 is 1.90 bits per heavy atom. The van der Waals surface area contributed by atoms with Crippen molar-refractivity contribution in [2.24, 2.45) is 0 Å². The van der Waals surface area contributed by atoms with Crippen LogP contribution in [0.2, 0.25) is 0 Å². The molecule has 0 saturated heterocycles. The van der Waals surface area contributed by atoms with Crippen LogP contribution in [0.15, 0.2) is 65.6 Å². The lowest BCUT2D eigenvalue weighted by Gasteiger charge is -2.29. The molecule has 1 aromatic heterocycles. The number of thiophene rings is 1. The van der Waals surface area contributed by atoms with E-state index in [1.165, 1.54) is 29.2 Å². The molecule has 1 aliphatic rings. The molecule has 218 valence electrons. The fourth-order valence-corrected chi connectivity index (χ4v) is 6.57. The van der Waals surface area contributed by atoms with E-state index < -0.39 is 16.9 Å². The van der Waals surface area contributed by atoms with Gasteiger partial charge in [0.25, 0.3) is 0 Å². The standard InChI is InChI=1S/C32H34N4O4S2/c1-5-26(41-23-13-9-12-22(18-23)34-28(37)15-14-21-10-7-6-8-11-21)29(38)35-30-25(19-33)24-16-17-36(20-27(24)42-30)31(39)40-32(2,3)4/h6-15,18,26H,5,16-17,20H2,1-4H3,(H,34,37)(H,35,38)/b15-14+. The summed E-state index contributed by atoms with van der Waals surface area (Å²) in [6.45, 7) is 8.19. The predicted molar refractivity (Wildman–Crippen MR) is 168 cm³/mol. The molecule has 1 aliphatic heterocycles. The molecular weight excluding hydrogens is 569 g/mol. The van der Waals surface area contributed by atoms with Gasteiger partial charge in [-0.05, 0) is 69.0 Å². The molecule has 0 bridgehead atoms. The van der Waals surface area contributed by atoms with Crippen LogP contribution in [0.1, 0.15) is 55.7 Å². The van der Waals surface area contributed by atoms with Crippen molar-refractivity contribution in [2.75, 3.05) is 17.2 Å². The van der Waals surface area contributed by atoms with Gasteiger partial charge in [-0.15, -0.1) is 23.1 Å². The molecule has 0 radical (unpaired) electrons. The van der Waals surface area contributed by atoms with Crippen LogP contribution < -0.4 is 10.6 Å². The van der Waals surface area contributed by atoms with Gasteiger partial charge in [0.2, 0.25) is 11.8 Å². The Kier molecular flexibility index (Phi) is 10.1. The lowest BCUT2D eigenvalue weighted by atomic mass is 10.0. The summed E-state index contributed by atoms with van der Waals surface area (Å²) < 4.78 is 5.51. The first kappa shape index (κ1) is 30.9. The summed E-state index contributed by atoms with van der Waals surface area (Å²) in [5.74, 6) is -0.455. The number of carbonyl (C=O) groups excluding carboxylic acids is 3. The second kappa shape index (κ2) is 13.7. The molecule has 8 nitrogen and oxygen atoms in total. The van der Waals surface area contributed by atoms with Crippen LogP contribution >= 0.6 is 23.1 Å². The molecule has 3 aromatic rings. The van der Waals surface area contributed by atoms with Crippen molar-refractivity contribution in [2.45, 2.75) is 62.8 Å². The maximum atomic E-state index is 13.3. The number of rotatable bonds is 8. The Bertz CT molecular complexity index is 1520. The van der Waals surface area contributed by atoms with Gasteiger partial charge in [-0.25, -0.2) is 4.79 Å². The van der Waals surface area contributed by atoms with E-state index in [-0.39, 0.29) is 11.8 Å². The van der Waals surface area contributed by atoms with Crippen molar-refractivity contribution in [1.29, 1.82) is 5.26 Å². The summed E-state index contributed by atoms with van der Waals surface area (Å²) in [6.07, 6.45) is 3.93. The van der Waals surface area contributed by atoms with Crippen LogP contribution in [0.5, 0.6) is 0 Å². The van der Waals surface area contributed by atoms with E-state index in [0.717, 1.165) is 20.9 Å². The highest BCUT2D eigenvalue weighted by atomic mass is 32.2. The summed E-state index contributed by atoms with van der Waals surface area (Å²) in [5.41, 5.74) is 2.30. The molecule has 4 rings (SSSR count). The number of fused-ring (bicyclic) bond motifs is 1. The quantitative estimate of drug-likeness (QED) is 0.211. The first-order valence-corrected chi connectivity index (χ1v) is 15.4. The average molecular weight is 603 g/mol. The first-order valence-electron chi connectivity index (χ1n) is 13.7. The van der Waals surface area contributed by atoms with Crippen LogP contribution in [0.3, 0.4) is 0 Å². The molecule has 0 aliphatic carbocycles. The van der Waals surface area contributed by atoms with Crippen molar-refractivity contribution in [3.63, 3.8) is 0 Å². The number of thioether (sulfide) groups is 1. The summed E-state index contributed by atoms with van der Waals surface area (Å²) in [6, 6.07) is 19.2. The van der Waals surface area contributed by atoms with Gasteiger partial charge in [-0.3, -0.25) is 9.59 Å². The predicted octanol–water partition coefficient (Wildman–Crippen LogP) is 7.07. The molecule has 2 heterocycles. The van der Waals surface area contributed by atoms with Crippen LogP contribution in [-0.2, 0) is 27.3 Å². The molecule has 0 saturated carbocycles. The van der Waals surface area contributed by atoms with Gasteiger partial charge < -0.3 is 20.3 Å². The van der Waals surface area contributed by atoms with Crippen LogP contribution in [0.25, 0.3) is 6.08 Å². The minimum atomic E-state index is -0.596. The lowest BCUT2D eigenvalue weighted by molar-refractivity contribution is -0.115. The third kappa shape index (κ3) is 8.24. The zero-order valence-corrected chi connectivity index (χ0v) is 25.7. The van der Waals surface area contributed by atoms with Gasteiger partial charge in [0.1, 0.15) is 16.7 Å². The highest BCUT2D eigenvalue weighted by Crippen LogP contribution is 2.38. The van der Waals surface area contributed by atoms with Crippen LogP contribution in [-0.4, -0.2) is 40.2 Å². The topological polar surface area (TPSA) is 112 Å². The molecule has 1 atom stereocenters. The summed E-state index contributed by atoms with van der Waals surface area (Å²) >= 11 is 2.73. The van der Waals surface area contributed by atoms with E-state index in [0.29, 0.717) is 42.2 Å². The third-order valence-electron chi connectivity index (χ3n) is 6.33. The lowest BCUT2D eigenvalue weighted by Crippen LogP contribution is -2.39. The number of amides is 3. The van der Waals surface area contributed by atoms with Crippen molar-refractivity contribution in [3.05, 3.63) is 82.2 Å². The molecule has 0 fully saturated rings. The van der Waals surface area contributed by atoms with Crippen molar-refractivity contribution < 1.29 is 19.1 Å². The van der Waals surface area contributed by atoms with Gasteiger partial charge in [-0.2, -0.15) is 5.26 Å². The van der Waals surface area contributed by atoms with Crippen molar-refractivity contribution in [1.82, 2.24) is 4.90 Å². The minimum Gasteiger partial charge on any atom is -0.444 e. The fraction of sp³-hybridized carbons (Fsp3) is 0.312. The van der Waals surface area contributed by atoms with Gasteiger partial charge in [-0.1, -0.05) is 43.3 Å². The SMILES string of the molecule is CCC(Sc1cccc(NC(=O)/C=C/c2ccccc2)c1)C(=O)Nc1sc2c(c1C#N)CCN(C(=O)OC(C)(C)C)C2. The maximum Gasteiger partial charge on any atom is 0.410 e. The Balaban J connectivity index is 1.40. The largest absolute Gasteiger partial charge is 0.444 e. The van der Waals surface area contributed by atoms with E-state index in [4.69, 9.17) is 4.74 Å². The average Bonchev–Trinajstić information content (AvgIpc) is 3.30. The molecule has 0 spiro atoms. The number of anilines is 2. The molecule has 3 amide bonds. The Morgan fingerprint density at radius 1 is 1.14 bits per heavy atom. The summed E-state index contributed by atoms with van der Waals surface area (Å²) in [7, 11) is 0. The Labute approximate surface area is 254 Å². The highest BCUT2D eigenvalue weighted by molar-refractivity contribution is 8.00. The minimum absolute atomic E-state index is 0.207. The van der Waals surface area contributed by atoms with Crippen molar-refractivity contribution in [3.8, 4) is 6.07 Å². The molecular formula is C32H34N4O4S2. The van der Waals surface area contributed by atoms with Crippen LogP contribution in [0.4, 0.5) is 15.5 Å². The monoisotopic (exact) mass is 602 g/mol. The second-order valence-electron chi connectivity index (χ2n) is 10.7. The Morgan fingerprint density at radius 3 is 2.60 bits per heavy atom. The second-order valence-corrected chi connectivity index (χ2v) is 13.1. The van der Waals surface area contributed by atoms with E-state index in [9.17, 15) is 19.6 Å². The van der Waals surface area contributed by atoms with Gasteiger partial charge >= 0.3 is 6.09 Å². The number of nitrogens with one attached hydrogen (secondary N) is 2. The molecule has 10 heteroatoms. The highest BCUT2D eigenvalue weighted by Gasteiger charge is 2.30. The zero-order valence-electron chi connectivity index (χ0n) is 24.1. The number of benzene rings is 2. The van der Waals surface area contributed by atoms with E-state index in [1.807, 2.05) is 76.2 Å². The first-order chi connectivity index (χ1) is 20.1.